The highest BCUT2D eigenvalue weighted by molar-refractivity contribution is 7.15. The van der Waals surface area contributed by atoms with Crippen LogP contribution in [0.25, 0.3) is 16.2 Å². The maximum Gasteiger partial charge on any atom is 0.194 e. The molecule has 0 saturated carbocycles. The summed E-state index contributed by atoms with van der Waals surface area (Å²) in [6.07, 6.45) is 2.87. The van der Waals surface area contributed by atoms with E-state index in [-0.39, 0.29) is 6.04 Å². The molecule has 0 bridgehead atoms. The molecule has 5 heteroatoms. The van der Waals surface area contributed by atoms with Crippen LogP contribution in [0.5, 0.6) is 5.75 Å². The monoisotopic (exact) mass is 301 g/mol. The Bertz CT molecular complexity index is 745. The van der Waals surface area contributed by atoms with E-state index in [0.29, 0.717) is 6.61 Å². The molecular formula is C16H19N3OS. The molecule has 0 aliphatic carbocycles. The number of para-hydroxylation sites is 1. The average Bonchev–Trinajstić information content (AvgIpc) is 2.99. The molecule has 4 nitrogen and oxygen atoms in total. The van der Waals surface area contributed by atoms with Gasteiger partial charge in [-0.3, -0.25) is 4.40 Å². The Hall–Kier alpha value is -1.85. The van der Waals surface area contributed by atoms with Gasteiger partial charge in [-0.1, -0.05) is 12.1 Å². The second-order valence-electron chi connectivity index (χ2n) is 5.12. The van der Waals surface area contributed by atoms with Crippen LogP contribution in [0.15, 0.2) is 35.8 Å². The van der Waals surface area contributed by atoms with Crippen LogP contribution >= 0.6 is 11.3 Å². The lowest BCUT2D eigenvalue weighted by Crippen LogP contribution is -2.17. The van der Waals surface area contributed by atoms with Crippen molar-refractivity contribution < 1.29 is 4.74 Å². The first kappa shape index (κ1) is 14.1. The zero-order valence-corrected chi connectivity index (χ0v) is 13.1. The Kier molecular flexibility index (Phi) is 3.94. The first-order chi connectivity index (χ1) is 10.2. The highest BCUT2D eigenvalue weighted by Gasteiger charge is 2.13. The third-order valence-electron chi connectivity index (χ3n) is 3.25. The smallest absolute Gasteiger partial charge is 0.194 e. The van der Waals surface area contributed by atoms with Crippen LogP contribution in [0.1, 0.15) is 19.5 Å². The van der Waals surface area contributed by atoms with Crippen molar-refractivity contribution in [3.8, 4) is 17.0 Å². The number of aromatic nitrogens is 2. The van der Waals surface area contributed by atoms with Gasteiger partial charge in [0.25, 0.3) is 0 Å². The maximum atomic E-state index is 5.86. The van der Waals surface area contributed by atoms with Crippen molar-refractivity contribution in [1.29, 1.82) is 0 Å². The second-order valence-corrected chi connectivity index (χ2v) is 5.95. The number of hydrogen-bond donors (Lipinski definition) is 1. The first-order valence-electron chi connectivity index (χ1n) is 7.12. The van der Waals surface area contributed by atoms with Crippen LogP contribution in [-0.2, 0) is 6.42 Å². The Labute approximate surface area is 128 Å². The van der Waals surface area contributed by atoms with E-state index in [0.717, 1.165) is 34.1 Å². The third-order valence-corrected chi connectivity index (χ3v) is 4.09. The van der Waals surface area contributed by atoms with E-state index in [4.69, 9.17) is 10.5 Å². The van der Waals surface area contributed by atoms with E-state index in [2.05, 4.69) is 27.0 Å². The molecule has 0 aliphatic rings. The number of fused-ring (bicyclic) bond motifs is 1. The van der Waals surface area contributed by atoms with Crippen LogP contribution in [-0.4, -0.2) is 22.0 Å². The zero-order valence-electron chi connectivity index (χ0n) is 12.2. The summed E-state index contributed by atoms with van der Waals surface area (Å²) in [7, 11) is 0. The predicted octanol–water partition coefficient (Wildman–Crippen LogP) is 3.35. The number of nitrogens with zero attached hydrogens (tertiary/aromatic N) is 2. The number of benzene rings is 1. The van der Waals surface area contributed by atoms with Crippen molar-refractivity contribution in [2.45, 2.75) is 26.3 Å². The lowest BCUT2D eigenvalue weighted by molar-refractivity contribution is 0.341. The summed E-state index contributed by atoms with van der Waals surface area (Å²) in [4.78, 5) is 5.63. The first-order valence-corrected chi connectivity index (χ1v) is 8.00. The fraction of sp³-hybridized carbons (Fsp3) is 0.312. The number of imidazole rings is 1. The molecule has 0 saturated heterocycles. The molecule has 2 aromatic heterocycles. The molecule has 0 radical (unpaired) electrons. The summed E-state index contributed by atoms with van der Waals surface area (Å²) in [5, 5.41) is 2.12. The molecule has 2 heterocycles. The molecule has 0 spiro atoms. The van der Waals surface area contributed by atoms with Gasteiger partial charge in [-0.05, 0) is 26.0 Å². The molecule has 21 heavy (non-hydrogen) atoms. The van der Waals surface area contributed by atoms with E-state index in [1.54, 1.807) is 11.3 Å². The van der Waals surface area contributed by atoms with Crippen LogP contribution in [0.2, 0.25) is 0 Å². The number of nitrogens with two attached hydrogens (primary N) is 1. The summed E-state index contributed by atoms with van der Waals surface area (Å²) >= 11 is 1.64. The van der Waals surface area contributed by atoms with Gasteiger partial charge in [-0.25, -0.2) is 4.98 Å². The van der Waals surface area contributed by atoms with Gasteiger partial charge in [0.15, 0.2) is 4.96 Å². The lowest BCUT2D eigenvalue weighted by Gasteiger charge is -2.09. The van der Waals surface area contributed by atoms with Gasteiger partial charge in [0.05, 0.1) is 18.0 Å². The van der Waals surface area contributed by atoms with E-state index in [1.165, 1.54) is 0 Å². The summed E-state index contributed by atoms with van der Waals surface area (Å²) in [5.74, 6) is 0.905. The van der Waals surface area contributed by atoms with Gasteiger partial charge < -0.3 is 10.5 Å². The third kappa shape index (κ3) is 2.80. The van der Waals surface area contributed by atoms with Crippen LogP contribution in [0, 0.1) is 0 Å². The summed E-state index contributed by atoms with van der Waals surface area (Å²) in [6.45, 7) is 4.65. The van der Waals surface area contributed by atoms with Gasteiger partial charge in [-0.15, -0.1) is 11.3 Å². The fourth-order valence-corrected chi connectivity index (χ4v) is 3.30. The van der Waals surface area contributed by atoms with Crippen molar-refractivity contribution in [2.24, 2.45) is 5.73 Å². The molecule has 1 unspecified atom stereocenters. The lowest BCUT2D eigenvalue weighted by atomic mass is 10.1. The SMILES string of the molecule is CCOc1ccccc1-c1csc2nc(CC(C)N)cn12. The van der Waals surface area contributed by atoms with Crippen molar-refractivity contribution in [3.63, 3.8) is 0 Å². The van der Waals surface area contributed by atoms with Gasteiger partial charge >= 0.3 is 0 Å². The van der Waals surface area contributed by atoms with E-state index >= 15 is 0 Å². The normalized spacial score (nSPS) is 12.7. The minimum atomic E-state index is 0.119. The van der Waals surface area contributed by atoms with Gasteiger partial charge in [-0.2, -0.15) is 0 Å². The standard InChI is InChI=1S/C16H19N3OS/c1-3-20-15-7-5-4-6-13(15)14-10-21-16-18-12(8-11(2)17)9-19(14)16/h4-7,9-11H,3,8,17H2,1-2H3. The summed E-state index contributed by atoms with van der Waals surface area (Å²) < 4.78 is 7.86. The van der Waals surface area contributed by atoms with Crippen molar-refractivity contribution >= 4 is 16.3 Å². The Balaban J connectivity index is 2.06. The topological polar surface area (TPSA) is 52.5 Å². The minimum absolute atomic E-state index is 0.119. The Morgan fingerprint density at radius 3 is 2.95 bits per heavy atom. The highest BCUT2D eigenvalue weighted by atomic mass is 32.1. The Morgan fingerprint density at radius 2 is 2.19 bits per heavy atom. The molecule has 3 rings (SSSR count). The zero-order chi connectivity index (χ0) is 14.8. The molecule has 2 N–H and O–H groups in total. The van der Waals surface area contributed by atoms with E-state index in [9.17, 15) is 0 Å². The fourth-order valence-electron chi connectivity index (χ4n) is 2.41. The largest absolute Gasteiger partial charge is 0.493 e. The number of rotatable bonds is 5. The number of hydrogen-bond acceptors (Lipinski definition) is 4. The van der Waals surface area contributed by atoms with Crippen LogP contribution in [0.4, 0.5) is 0 Å². The highest BCUT2D eigenvalue weighted by Crippen LogP contribution is 2.33. The van der Waals surface area contributed by atoms with E-state index in [1.807, 2.05) is 32.0 Å². The molecule has 1 atom stereocenters. The van der Waals surface area contributed by atoms with Gasteiger partial charge in [0, 0.05) is 29.6 Å². The molecular weight excluding hydrogens is 282 g/mol. The van der Waals surface area contributed by atoms with Crippen molar-refractivity contribution in [1.82, 2.24) is 9.38 Å². The number of ether oxygens (including phenoxy) is 1. The van der Waals surface area contributed by atoms with E-state index < -0.39 is 0 Å². The van der Waals surface area contributed by atoms with Crippen molar-refractivity contribution in [3.05, 3.63) is 41.5 Å². The van der Waals surface area contributed by atoms with Crippen LogP contribution in [0.3, 0.4) is 0 Å². The second kappa shape index (κ2) is 5.87. The van der Waals surface area contributed by atoms with Crippen molar-refractivity contribution in [2.75, 3.05) is 6.61 Å². The molecule has 1 aromatic carbocycles. The molecule has 0 fully saturated rings. The molecule has 110 valence electrons. The summed E-state index contributed by atoms with van der Waals surface area (Å²) in [6, 6.07) is 8.22. The van der Waals surface area contributed by atoms with Gasteiger partial charge in [0.2, 0.25) is 0 Å². The predicted molar refractivity (Wildman–Crippen MR) is 87.0 cm³/mol. The number of thiazole rings is 1. The summed E-state index contributed by atoms with van der Waals surface area (Å²) in [5.41, 5.74) is 9.10. The molecule has 0 aliphatic heterocycles. The molecule has 0 amide bonds. The van der Waals surface area contributed by atoms with Gasteiger partial charge in [0.1, 0.15) is 5.75 Å². The average molecular weight is 301 g/mol. The Morgan fingerprint density at radius 1 is 1.38 bits per heavy atom. The molecule has 3 aromatic rings. The maximum absolute atomic E-state index is 5.86. The quantitative estimate of drug-likeness (QED) is 0.786. The van der Waals surface area contributed by atoms with Crippen LogP contribution < -0.4 is 10.5 Å². The minimum Gasteiger partial charge on any atom is -0.493 e.